The number of hydrogen-bond donors (Lipinski definition) is 2. The molecule has 1 unspecified atom stereocenters. The van der Waals surface area contributed by atoms with E-state index in [9.17, 15) is 4.79 Å². The summed E-state index contributed by atoms with van der Waals surface area (Å²) in [6, 6.07) is 0. The molecular formula is C2H6O2S. The number of hydrogen-bond acceptors (Lipinski definition) is 2. The van der Waals surface area contributed by atoms with Gasteiger partial charge in [-0.05, 0) is 6.26 Å². The Kier molecular flexibility index (Phi) is 2.22. The first-order valence-electron chi connectivity index (χ1n) is 1.14. The molecule has 0 saturated carbocycles. The van der Waals surface area contributed by atoms with Gasteiger partial charge >= 0.3 is 0 Å². The number of rotatable bonds is 1. The van der Waals surface area contributed by atoms with E-state index in [0.29, 0.717) is 5.62 Å². The first-order chi connectivity index (χ1) is 2.27. The molecule has 1 N–H and O–H groups in total. The lowest BCUT2D eigenvalue weighted by molar-refractivity contribution is 0.564. The van der Waals surface area contributed by atoms with Gasteiger partial charge in [-0.3, -0.25) is 4.79 Å². The smallest absolute Gasteiger partial charge is 0.178 e. The minimum Gasteiger partial charge on any atom is -0.348 e. The number of carbonyl (C=O) groups excluding carboxylic acids is 1. The third-order valence-electron chi connectivity index (χ3n) is 0.153. The predicted molar refractivity (Wildman–Crippen MR) is 24.3 cm³/mol. The second-order valence-electron chi connectivity index (χ2n) is 0.679. The van der Waals surface area contributed by atoms with Crippen molar-refractivity contribution in [3.05, 3.63) is 0 Å². The fraction of sp³-hybridized carbons (Fsp3) is 0.500. The molecule has 0 bridgehead atoms. The van der Waals surface area contributed by atoms with E-state index >= 15 is 0 Å². The summed E-state index contributed by atoms with van der Waals surface area (Å²) in [4.78, 5) is 9.28. The second-order valence-corrected chi connectivity index (χ2v) is 2.04. The highest BCUT2D eigenvalue weighted by Crippen LogP contribution is 2.02. The van der Waals surface area contributed by atoms with E-state index in [4.69, 9.17) is 4.55 Å². The maximum absolute atomic E-state index is 9.28. The fourth-order valence-electron chi connectivity index (χ4n) is 0. The quantitative estimate of drug-likeness (QED) is 0.362. The summed E-state index contributed by atoms with van der Waals surface area (Å²) in [6.07, 6.45) is 1.47. The monoisotopic (exact) mass is 94.0 g/mol. The van der Waals surface area contributed by atoms with E-state index in [-0.39, 0.29) is 0 Å². The summed E-state index contributed by atoms with van der Waals surface area (Å²) in [7, 11) is 0. The zero-order valence-electron chi connectivity index (χ0n) is 2.88. The van der Waals surface area contributed by atoms with E-state index in [2.05, 4.69) is 0 Å². The van der Waals surface area contributed by atoms with Crippen molar-refractivity contribution >= 4 is 16.8 Å². The molecule has 0 aliphatic heterocycles. The van der Waals surface area contributed by atoms with E-state index in [1.54, 1.807) is 0 Å². The van der Waals surface area contributed by atoms with Crippen LogP contribution in [0.25, 0.3) is 0 Å². The molecule has 0 rings (SSSR count). The first kappa shape index (κ1) is 4.98. The zero-order chi connectivity index (χ0) is 4.28. The van der Waals surface area contributed by atoms with Gasteiger partial charge in [0.25, 0.3) is 0 Å². The molecule has 0 aromatic heterocycles. The molecule has 32 valence electrons. The molecule has 0 saturated heterocycles. The van der Waals surface area contributed by atoms with E-state index < -0.39 is 11.2 Å². The van der Waals surface area contributed by atoms with Crippen LogP contribution in [-0.2, 0) is 4.79 Å². The van der Waals surface area contributed by atoms with Crippen LogP contribution in [0.4, 0.5) is 0 Å². The van der Waals surface area contributed by atoms with Gasteiger partial charge in [0.2, 0.25) is 0 Å². The van der Waals surface area contributed by atoms with Crippen molar-refractivity contribution in [3.63, 3.8) is 0 Å². The first-order valence-corrected chi connectivity index (χ1v) is 2.95. The van der Waals surface area contributed by atoms with Crippen molar-refractivity contribution in [1.29, 1.82) is 0 Å². The van der Waals surface area contributed by atoms with Gasteiger partial charge in [0.1, 0.15) is 0 Å². The summed E-state index contributed by atoms with van der Waals surface area (Å²) < 4.78 is 8.06. The third kappa shape index (κ3) is 3.98. The number of carbonyl (C=O) groups is 1. The van der Waals surface area contributed by atoms with E-state index in [1.807, 2.05) is 0 Å². The maximum Gasteiger partial charge on any atom is 0.178 e. The highest BCUT2D eigenvalue weighted by atomic mass is 32.2. The Bertz CT molecular complexity index is 34.6. The molecule has 0 spiro atoms. The topological polar surface area (TPSA) is 37.3 Å². The van der Waals surface area contributed by atoms with Gasteiger partial charge in [-0.2, -0.15) is 0 Å². The molecule has 1 atom stereocenters. The van der Waals surface area contributed by atoms with E-state index in [0.717, 1.165) is 0 Å². The standard InChI is InChI=1S/C2H6O2S/c1-5(4)2-3/h2,4-5H,1H3. The Morgan fingerprint density at radius 1 is 2.00 bits per heavy atom. The van der Waals surface area contributed by atoms with Crippen LogP contribution in [0, 0.1) is 0 Å². The zero-order valence-corrected chi connectivity index (χ0v) is 3.77. The minimum atomic E-state index is -1.28. The van der Waals surface area contributed by atoms with Crippen molar-refractivity contribution < 1.29 is 9.35 Å². The van der Waals surface area contributed by atoms with Crippen LogP contribution in [0.1, 0.15) is 0 Å². The molecule has 0 amide bonds. The summed E-state index contributed by atoms with van der Waals surface area (Å²) in [5.74, 6) is 0. The van der Waals surface area contributed by atoms with Crippen molar-refractivity contribution in [2.45, 2.75) is 0 Å². The van der Waals surface area contributed by atoms with Gasteiger partial charge in [-0.25, -0.2) is 0 Å². The Morgan fingerprint density at radius 2 is 2.20 bits per heavy atom. The average molecular weight is 94.1 g/mol. The molecule has 2 nitrogen and oxygen atoms in total. The Hall–Kier alpha value is -0.0200. The maximum atomic E-state index is 9.28. The van der Waals surface area contributed by atoms with Gasteiger partial charge < -0.3 is 4.55 Å². The van der Waals surface area contributed by atoms with Gasteiger partial charge in [-0.1, -0.05) is 11.2 Å². The molecule has 0 heterocycles. The lowest BCUT2D eigenvalue weighted by Gasteiger charge is -1.87. The van der Waals surface area contributed by atoms with Crippen LogP contribution in [0.3, 0.4) is 0 Å². The van der Waals surface area contributed by atoms with Crippen LogP contribution in [0.5, 0.6) is 0 Å². The lowest BCUT2D eigenvalue weighted by atomic mass is 11.8. The number of thiol groups is 1. The van der Waals surface area contributed by atoms with Crippen LogP contribution in [0.15, 0.2) is 0 Å². The molecule has 0 aliphatic rings. The van der Waals surface area contributed by atoms with Crippen LogP contribution in [-0.4, -0.2) is 16.4 Å². The Balaban J connectivity index is 2.83. The van der Waals surface area contributed by atoms with Gasteiger partial charge in [0.15, 0.2) is 5.62 Å². The average Bonchev–Trinajstić information content (AvgIpc) is 1.38. The van der Waals surface area contributed by atoms with Crippen molar-refractivity contribution in [2.75, 3.05) is 6.26 Å². The molecule has 3 heteroatoms. The summed E-state index contributed by atoms with van der Waals surface area (Å²) >= 11 is -1.28. The molecule has 0 radical (unpaired) electrons. The largest absolute Gasteiger partial charge is 0.348 e. The molecule has 0 aliphatic carbocycles. The van der Waals surface area contributed by atoms with Crippen LogP contribution < -0.4 is 0 Å². The fourth-order valence-corrected chi connectivity index (χ4v) is 0. The summed E-state index contributed by atoms with van der Waals surface area (Å²) in [5.41, 5.74) is 0.537. The molecule has 0 fully saturated rings. The minimum absolute atomic E-state index is 0.537. The molecule has 5 heavy (non-hydrogen) atoms. The molecular weight excluding hydrogens is 88.1 g/mol. The molecule has 0 aromatic rings. The highest BCUT2D eigenvalue weighted by molar-refractivity contribution is 8.23. The van der Waals surface area contributed by atoms with Crippen LogP contribution >= 0.6 is 11.2 Å². The summed E-state index contributed by atoms with van der Waals surface area (Å²) in [6.45, 7) is 0. The predicted octanol–water partition coefficient (Wildman–Crippen LogP) is 0.281. The van der Waals surface area contributed by atoms with E-state index in [1.165, 1.54) is 6.26 Å². The molecule has 0 aromatic carbocycles. The normalized spacial score (nSPS) is 17.6. The summed E-state index contributed by atoms with van der Waals surface area (Å²) in [5, 5.41) is 0. The van der Waals surface area contributed by atoms with Gasteiger partial charge in [0, 0.05) is 0 Å². The SMILES string of the molecule is C[SH](O)C=O. The van der Waals surface area contributed by atoms with Crippen molar-refractivity contribution in [1.82, 2.24) is 0 Å². The second kappa shape index (κ2) is 2.23. The van der Waals surface area contributed by atoms with Crippen LogP contribution in [0.2, 0.25) is 0 Å². The lowest BCUT2D eigenvalue weighted by Crippen LogP contribution is -1.68. The van der Waals surface area contributed by atoms with Gasteiger partial charge in [-0.15, -0.1) is 0 Å². The Labute approximate surface area is 33.4 Å². The van der Waals surface area contributed by atoms with Crippen molar-refractivity contribution in [2.24, 2.45) is 0 Å². The van der Waals surface area contributed by atoms with Crippen molar-refractivity contribution in [3.8, 4) is 0 Å². The third-order valence-corrected chi connectivity index (χ3v) is 0.458. The van der Waals surface area contributed by atoms with Gasteiger partial charge in [0.05, 0.1) is 0 Å². The highest BCUT2D eigenvalue weighted by Gasteiger charge is 1.73. The Morgan fingerprint density at radius 3 is 2.20 bits per heavy atom.